The van der Waals surface area contributed by atoms with Crippen molar-refractivity contribution >= 4 is 11.8 Å². The van der Waals surface area contributed by atoms with Crippen molar-refractivity contribution in [3.8, 4) is 0 Å². The lowest BCUT2D eigenvalue weighted by Crippen LogP contribution is -2.60. The Balaban J connectivity index is 2.85. The van der Waals surface area contributed by atoms with Gasteiger partial charge in [0.2, 0.25) is 0 Å². The van der Waals surface area contributed by atoms with E-state index in [0.29, 0.717) is 6.42 Å². The Hall–Kier alpha value is -1.30. The highest BCUT2D eigenvalue weighted by molar-refractivity contribution is 5.83. The Kier molecular flexibility index (Phi) is 17.1. The average molecular weight is 750 g/mol. The van der Waals surface area contributed by atoms with Crippen LogP contribution in [0.3, 0.4) is 0 Å². The van der Waals surface area contributed by atoms with Crippen LogP contribution in [0.2, 0.25) is 0 Å². The number of nitrogens with zero attached hydrogens (tertiary/aromatic N) is 1. The third kappa shape index (κ3) is 10.3. The van der Waals surface area contributed by atoms with Gasteiger partial charge >= 0.3 is 5.97 Å². The average Bonchev–Trinajstić information content (AvgIpc) is 3.08. The van der Waals surface area contributed by atoms with Crippen molar-refractivity contribution in [1.29, 1.82) is 0 Å². The van der Waals surface area contributed by atoms with Crippen LogP contribution in [-0.4, -0.2) is 150 Å². The topological polar surface area (TPSA) is 183 Å². The molecule has 0 aliphatic carbocycles. The standard InChI is InChI=1S/C38H71NO13/c1-16-26(39(12)13)29(41)35(48-17-2)52-33-22(5)30(51-27-19-36(9,46-14)32(43)24(7)49-27)23(6)34(44)50-25(8)38(11,45)31(42)21(4)28(40)20(3)18-37(33,10)47-15/h20-27,29-33,35,41-43,45H,16-19H2,1-15H3/t20-,21+,22+,23-,24-,25-,26?,27-,29?,30+,31-,32?,33-,35+,36?,37-,38-/m1/s1. The smallest absolute Gasteiger partial charge is 0.311 e. The number of Topliss-reactive ketones (excluding diaryl/α,β-unsaturated/α-hetero) is 1. The molecule has 0 amide bonds. The van der Waals surface area contributed by atoms with Crippen LogP contribution in [0.25, 0.3) is 0 Å². The van der Waals surface area contributed by atoms with E-state index in [4.69, 9.17) is 33.2 Å². The Morgan fingerprint density at radius 1 is 0.904 bits per heavy atom. The SMILES string of the molecule is CCO[C@@H](O[C@@H]1[C@@H](C)[C@H](O[C@@H]2CC(C)(OC)C(O)[C@@H](C)O2)[C@@H](C)C(=O)O[C@H](C)[C@@](C)(O)[C@H](O)[C@@H](C)C(=O)[C@H](C)C[C@@]1(C)OC)C(O)C(CC)N(C)C. The number of ketones is 1. The molecule has 52 heavy (non-hydrogen) atoms. The summed E-state index contributed by atoms with van der Waals surface area (Å²) in [5.74, 6) is -4.55. The second kappa shape index (κ2) is 19.0. The largest absolute Gasteiger partial charge is 0.459 e. The molecular formula is C38H71NO13. The number of rotatable bonds is 12. The van der Waals surface area contributed by atoms with Crippen LogP contribution in [0.15, 0.2) is 0 Å². The molecule has 2 aliphatic rings. The summed E-state index contributed by atoms with van der Waals surface area (Å²) >= 11 is 0. The van der Waals surface area contributed by atoms with Gasteiger partial charge in [-0.25, -0.2) is 0 Å². The fourth-order valence-corrected chi connectivity index (χ4v) is 7.99. The molecule has 4 unspecified atom stereocenters. The Labute approximate surface area is 311 Å². The zero-order valence-electron chi connectivity index (χ0n) is 34.3. The van der Waals surface area contributed by atoms with Crippen molar-refractivity contribution in [3.63, 3.8) is 0 Å². The second-order valence-corrected chi connectivity index (χ2v) is 16.1. The lowest BCUT2D eigenvalue weighted by Gasteiger charge is -2.49. The molecular weight excluding hydrogens is 678 g/mol. The first kappa shape index (κ1) is 46.9. The van der Waals surface area contributed by atoms with Crippen LogP contribution in [-0.2, 0) is 42.7 Å². The minimum Gasteiger partial charge on any atom is -0.459 e. The lowest BCUT2D eigenvalue weighted by molar-refractivity contribution is -0.310. The summed E-state index contributed by atoms with van der Waals surface area (Å²) in [6.07, 6.45) is -8.83. The van der Waals surface area contributed by atoms with Crippen LogP contribution in [0.1, 0.15) is 95.4 Å². The highest BCUT2D eigenvalue weighted by Crippen LogP contribution is 2.41. The number of cyclic esters (lactones) is 1. The number of carbonyl (C=O) groups excluding carboxylic acids is 2. The summed E-state index contributed by atoms with van der Waals surface area (Å²) in [7, 11) is 6.72. The summed E-state index contributed by atoms with van der Waals surface area (Å²) in [5, 5.41) is 45.4. The number of hydrogen-bond acceptors (Lipinski definition) is 14. The summed E-state index contributed by atoms with van der Waals surface area (Å²) in [4.78, 5) is 29.9. The third-order valence-electron chi connectivity index (χ3n) is 11.9. The molecule has 2 fully saturated rings. The zero-order chi connectivity index (χ0) is 40.1. The van der Waals surface area contributed by atoms with E-state index in [0.717, 1.165) is 0 Å². The molecule has 17 atom stereocenters. The molecule has 2 aliphatic heterocycles. The van der Waals surface area contributed by atoms with Crippen molar-refractivity contribution in [1.82, 2.24) is 4.90 Å². The van der Waals surface area contributed by atoms with E-state index >= 15 is 0 Å². The predicted octanol–water partition coefficient (Wildman–Crippen LogP) is 2.69. The van der Waals surface area contributed by atoms with Gasteiger partial charge in [0.05, 0.1) is 41.5 Å². The molecule has 14 nitrogen and oxygen atoms in total. The van der Waals surface area contributed by atoms with Gasteiger partial charge in [0.15, 0.2) is 12.6 Å². The number of ether oxygens (including phenoxy) is 7. The fourth-order valence-electron chi connectivity index (χ4n) is 7.99. The molecule has 0 radical (unpaired) electrons. The molecule has 0 aromatic rings. The number of aliphatic hydroxyl groups excluding tert-OH is 3. The molecule has 306 valence electrons. The van der Waals surface area contributed by atoms with Crippen molar-refractivity contribution < 1.29 is 63.2 Å². The van der Waals surface area contributed by atoms with Crippen LogP contribution in [0, 0.1) is 23.7 Å². The molecule has 2 rings (SSSR count). The zero-order valence-corrected chi connectivity index (χ0v) is 34.3. The van der Waals surface area contributed by atoms with Gasteiger partial charge in [0.25, 0.3) is 0 Å². The predicted molar refractivity (Wildman–Crippen MR) is 193 cm³/mol. The fraction of sp³-hybridized carbons (Fsp3) is 0.947. The van der Waals surface area contributed by atoms with E-state index in [1.54, 1.807) is 41.5 Å². The van der Waals surface area contributed by atoms with E-state index in [9.17, 15) is 30.0 Å². The van der Waals surface area contributed by atoms with E-state index in [-0.39, 0.29) is 31.3 Å². The lowest BCUT2D eigenvalue weighted by atomic mass is 9.74. The van der Waals surface area contributed by atoms with E-state index in [2.05, 4.69) is 0 Å². The van der Waals surface area contributed by atoms with Crippen molar-refractivity contribution in [3.05, 3.63) is 0 Å². The van der Waals surface area contributed by atoms with Gasteiger partial charge in [-0.1, -0.05) is 27.7 Å². The molecule has 0 saturated carbocycles. The van der Waals surface area contributed by atoms with Crippen molar-refractivity contribution in [2.45, 2.75) is 174 Å². The summed E-state index contributed by atoms with van der Waals surface area (Å²) in [6.45, 7) is 18.7. The van der Waals surface area contributed by atoms with Crippen LogP contribution < -0.4 is 0 Å². The molecule has 0 spiro atoms. The minimum atomic E-state index is -1.98. The minimum absolute atomic E-state index is 0.0996. The first-order valence-electron chi connectivity index (χ1n) is 18.8. The first-order valence-corrected chi connectivity index (χ1v) is 18.8. The summed E-state index contributed by atoms with van der Waals surface area (Å²) < 4.78 is 43.5. The number of likely N-dealkylation sites (N-methyl/N-ethyl adjacent to an activating group) is 1. The third-order valence-corrected chi connectivity index (χ3v) is 11.9. The van der Waals surface area contributed by atoms with Crippen LogP contribution >= 0.6 is 0 Å². The molecule has 0 aromatic carbocycles. The van der Waals surface area contributed by atoms with Crippen LogP contribution in [0.4, 0.5) is 0 Å². The Morgan fingerprint density at radius 2 is 1.48 bits per heavy atom. The highest BCUT2D eigenvalue weighted by Gasteiger charge is 2.53. The number of hydrogen-bond donors (Lipinski definition) is 4. The normalized spacial score (nSPS) is 43.4. The Morgan fingerprint density at radius 3 is 1.98 bits per heavy atom. The first-order chi connectivity index (χ1) is 24.0. The van der Waals surface area contributed by atoms with E-state index in [1.165, 1.54) is 35.0 Å². The monoisotopic (exact) mass is 749 g/mol. The van der Waals surface area contributed by atoms with Gasteiger partial charge in [0, 0.05) is 51.0 Å². The van der Waals surface area contributed by atoms with Crippen LogP contribution in [0.5, 0.6) is 0 Å². The Bertz CT molecular complexity index is 1140. The van der Waals surface area contributed by atoms with Gasteiger partial charge < -0.3 is 58.5 Å². The number of methoxy groups -OCH3 is 2. The molecule has 2 saturated heterocycles. The van der Waals surface area contributed by atoms with Crippen molar-refractivity contribution in [2.75, 3.05) is 34.9 Å². The van der Waals surface area contributed by atoms with E-state index in [1.807, 2.05) is 32.8 Å². The van der Waals surface area contributed by atoms with E-state index < -0.39 is 102 Å². The second-order valence-electron chi connectivity index (χ2n) is 16.1. The number of aliphatic hydroxyl groups is 4. The van der Waals surface area contributed by atoms with Gasteiger partial charge in [-0.3, -0.25) is 9.59 Å². The number of esters is 1. The maximum Gasteiger partial charge on any atom is 0.311 e. The molecule has 2 heterocycles. The van der Waals surface area contributed by atoms with Gasteiger partial charge in [-0.2, -0.15) is 0 Å². The molecule has 0 aromatic heterocycles. The van der Waals surface area contributed by atoms with Gasteiger partial charge in [-0.05, 0) is 75.4 Å². The quantitative estimate of drug-likeness (QED) is 0.169. The highest BCUT2D eigenvalue weighted by atomic mass is 16.7. The maximum absolute atomic E-state index is 14.0. The summed E-state index contributed by atoms with van der Waals surface area (Å²) in [6, 6.07) is -0.340. The molecule has 4 N–H and O–H groups in total. The summed E-state index contributed by atoms with van der Waals surface area (Å²) in [5.41, 5.74) is -4.28. The molecule has 0 bridgehead atoms. The molecule has 14 heteroatoms. The van der Waals surface area contributed by atoms with Gasteiger partial charge in [0.1, 0.15) is 29.7 Å². The maximum atomic E-state index is 14.0. The number of carbonyl (C=O) groups is 2. The van der Waals surface area contributed by atoms with Crippen molar-refractivity contribution in [2.24, 2.45) is 23.7 Å². The van der Waals surface area contributed by atoms with Gasteiger partial charge in [-0.15, -0.1) is 0 Å².